The number of rotatable bonds is 4. The second kappa shape index (κ2) is 6.20. The SMILES string of the molecule is Cc1cccc(-c2noc(CNC(=O)c3onc4ccccc34)n2)c1. The van der Waals surface area contributed by atoms with Crippen molar-refractivity contribution < 1.29 is 13.8 Å². The lowest BCUT2D eigenvalue weighted by Crippen LogP contribution is -2.22. The van der Waals surface area contributed by atoms with Crippen molar-refractivity contribution in [3.8, 4) is 11.4 Å². The Labute approximate surface area is 142 Å². The van der Waals surface area contributed by atoms with Crippen LogP contribution in [-0.4, -0.2) is 21.2 Å². The van der Waals surface area contributed by atoms with Crippen molar-refractivity contribution >= 4 is 16.8 Å². The molecule has 0 bridgehead atoms. The van der Waals surface area contributed by atoms with Gasteiger partial charge in [-0.3, -0.25) is 4.79 Å². The molecule has 7 heteroatoms. The number of carbonyl (C=O) groups excluding carboxylic acids is 1. The van der Waals surface area contributed by atoms with E-state index in [0.717, 1.165) is 11.1 Å². The first-order valence-corrected chi connectivity index (χ1v) is 7.73. The van der Waals surface area contributed by atoms with Crippen LogP contribution >= 0.6 is 0 Å². The smallest absolute Gasteiger partial charge is 0.290 e. The van der Waals surface area contributed by atoms with E-state index in [2.05, 4.69) is 20.6 Å². The molecule has 0 radical (unpaired) electrons. The Kier molecular flexibility index (Phi) is 3.74. The van der Waals surface area contributed by atoms with Crippen LogP contribution in [0.3, 0.4) is 0 Å². The second-order valence-corrected chi connectivity index (χ2v) is 5.59. The molecule has 124 valence electrons. The predicted molar refractivity (Wildman–Crippen MR) is 89.7 cm³/mol. The number of benzene rings is 2. The predicted octanol–water partition coefficient (Wildman–Crippen LogP) is 3.12. The fourth-order valence-electron chi connectivity index (χ4n) is 2.52. The maximum absolute atomic E-state index is 12.3. The van der Waals surface area contributed by atoms with E-state index in [-0.39, 0.29) is 18.2 Å². The van der Waals surface area contributed by atoms with Gasteiger partial charge in [-0.2, -0.15) is 4.98 Å². The Morgan fingerprint density at radius 1 is 1.08 bits per heavy atom. The van der Waals surface area contributed by atoms with Gasteiger partial charge in [0.25, 0.3) is 5.91 Å². The summed E-state index contributed by atoms with van der Waals surface area (Å²) in [6, 6.07) is 15.0. The van der Waals surface area contributed by atoms with Crippen LogP contribution in [0.1, 0.15) is 22.0 Å². The summed E-state index contributed by atoms with van der Waals surface area (Å²) in [5, 5.41) is 11.2. The lowest BCUT2D eigenvalue weighted by molar-refractivity contribution is 0.0912. The molecule has 0 fully saturated rings. The average molecular weight is 334 g/mol. The van der Waals surface area contributed by atoms with Crippen molar-refractivity contribution in [1.82, 2.24) is 20.6 Å². The first-order chi connectivity index (χ1) is 12.2. The minimum atomic E-state index is -0.385. The van der Waals surface area contributed by atoms with Crippen molar-refractivity contribution in [1.29, 1.82) is 0 Å². The molecule has 0 saturated heterocycles. The van der Waals surface area contributed by atoms with Gasteiger partial charge in [0.1, 0.15) is 5.52 Å². The number of amides is 1. The number of nitrogens with zero attached hydrogens (tertiary/aromatic N) is 3. The molecular weight excluding hydrogens is 320 g/mol. The standard InChI is InChI=1S/C18H14N4O3/c1-11-5-4-6-12(9-11)17-20-15(24-22-17)10-19-18(23)16-13-7-2-3-8-14(13)21-25-16/h2-9H,10H2,1H3,(H,19,23). The molecule has 7 nitrogen and oxygen atoms in total. The van der Waals surface area contributed by atoms with Gasteiger partial charge < -0.3 is 14.4 Å². The summed E-state index contributed by atoms with van der Waals surface area (Å²) in [5.74, 6) is 0.574. The maximum atomic E-state index is 12.3. The zero-order chi connectivity index (χ0) is 17.2. The second-order valence-electron chi connectivity index (χ2n) is 5.59. The van der Waals surface area contributed by atoms with Crippen molar-refractivity contribution in [3.63, 3.8) is 0 Å². The van der Waals surface area contributed by atoms with E-state index < -0.39 is 0 Å². The van der Waals surface area contributed by atoms with Crippen molar-refractivity contribution in [3.05, 3.63) is 65.7 Å². The first-order valence-electron chi connectivity index (χ1n) is 7.73. The summed E-state index contributed by atoms with van der Waals surface area (Å²) in [6.45, 7) is 2.10. The highest BCUT2D eigenvalue weighted by Gasteiger charge is 2.17. The van der Waals surface area contributed by atoms with Crippen LogP contribution in [0.25, 0.3) is 22.3 Å². The molecule has 0 aliphatic heterocycles. The normalized spacial score (nSPS) is 10.9. The van der Waals surface area contributed by atoms with E-state index in [0.29, 0.717) is 22.6 Å². The third-order valence-corrected chi connectivity index (χ3v) is 3.73. The number of nitrogens with one attached hydrogen (secondary N) is 1. The van der Waals surface area contributed by atoms with Crippen LogP contribution in [0.5, 0.6) is 0 Å². The zero-order valence-electron chi connectivity index (χ0n) is 13.4. The number of carbonyl (C=O) groups is 1. The molecule has 1 N–H and O–H groups in total. The van der Waals surface area contributed by atoms with Gasteiger partial charge in [0.05, 0.1) is 11.9 Å². The van der Waals surface area contributed by atoms with Crippen molar-refractivity contribution in [2.24, 2.45) is 0 Å². The van der Waals surface area contributed by atoms with E-state index in [1.807, 2.05) is 43.3 Å². The number of hydrogen-bond donors (Lipinski definition) is 1. The summed E-state index contributed by atoms with van der Waals surface area (Å²) in [7, 11) is 0. The van der Waals surface area contributed by atoms with Gasteiger partial charge in [-0.05, 0) is 25.1 Å². The maximum Gasteiger partial charge on any atom is 0.290 e. The molecule has 0 atom stereocenters. The van der Waals surface area contributed by atoms with Gasteiger partial charge in [-0.1, -0.05) is 46.2 Å². The molecule has 0 spiro atoms. The molecule has 0 unspecified atom stereocenters. The van der Waals surface area contributed by atoms with Gasteiger partial charge in [-0.25, -0.2) is 0 Å². The van der Waals surface area contributed by atoms with Crippen molar-refractivity contribution in [2.75, 3.05) is 0 Å². The Hall–Kier alpha value is -3.48. The summed E-state index contributed by atoms with van der Waals surface area (Å²) in [6.07, 6.45) is 0. The minimum Gasteiger partial charge on any atom is -0.350 e. The van der Waals surface area contributed by atoms with Gasteiger partial charge in [-0.15, -0.1) is 0 Å². The molecule has 0 aliphatic carbocycles. The lowest BCUT2D eigenvalue weighted by atomic mass is 10.1. The quantitative estimate of drug-likeness (QED) is 0.616. The highest BCUT2D eigenvalue weighted by atomic mass is 16.5. The monoisotopic (exact) mass is 334 g/mol. The Morgan fingerprint density at radius 2 is 1.96 bits per heavy atom. The van der Waals surface area contributed by atoms with Crippen molar-refractivity contribution in [2.45, 2.75) is 13.5 Å². The Bertz CT molecular complexity index is 1050. The van der Waals surface area contributed by atoms with Gasteiger partial charge >= 0.3 is 0 Å². The molecule has 2 aromatic carbocycles. The number of hydrogen-bond acceptors (Lipinski definition) is 6. The summed E-state index contributed by atoms with van der Waals surface area (Å²) >= 11 is 0. The molecule has 0 aliphatic rings. The van der Waals surface area contributed by atoms with Crippen LogP contribution < -0.4 is 5.32 Å². The van der Waals surface area contributed by atoms with E-state index in [1.165, 1.54) is 0 Å². The summed E-state index contributed by atoms with van der Waals surface area (Å²) in [5.41, 5.74) is 2.60. The molecule has 0 saturated carbocycles. The average Bonchev–Trinajstić information content (AvgIpc) is 3.27. The van der Waals surface area contributed by atoms with Crippen LogP contribution in [-0.2, 0) is 6.54 Å². The van der Waals surface area contributed by atoms with E-state index in [4.69, 9.17) is 9.05 Å². The van der Waals surface area contributed by atoms with E-state index in [1.54, 1.807) is 12.1 Å². The fourth-order valence-corrected chi connectivity index (χ4v) is 2.52. The Balaban J connectivity index is 1.47. The highest BCUT2D eigenvalue weighted by Crippen LogP contribution is 2.18. The molecule has 4 rings (SSSR count). The zero-order valence-corrected chi connectivity index (χ0v) is 13.4. The minimum absolute atomic E-state index is 0.104. The molecular formula is C18H14N4O3. The Morgan fingerprint density at radius 3 is 2.84 bits per heavy atom. The van der Waals surface area contributed by atoms with Crippen LogP contribution in [0, 0.1) is 6.92 Å². The van der Waals surface area contributed by atoms with Gasteiger partial charge in [0, 0.05) is 5.56 Å². The third kappa shape index (κ3) is 2.99. The first kappa shape index (κ1) is 15.1. The summed E-state index contributed by atoms with van der Waals surface area (Å²) in [4.78, 5) is 16.6. The van der Waals surface area contributed by atoms with E-state index >= 15 is 0 Å². The number of fused-ring (bicyclic) bond motifs is 1. The van der Waals surface area contributed by atoms with Gasteiger partial charge in [0.2, 0.25) is 17.5 Å². The number of aryl methyl sites for hydroxylation is 1. The van der Waals surface area contributed by atoms with Gasteiger partial charge in [0.15, 0.2) is 0 Å². The highest BCUT2D eigenvalue weighted by molar-refractivity contribution is 6.03. The number of aromatic nitrogens is 3. The topological polar surface area (TPSA) is 94.1 Å². The third-order valence-electron chi connectivity index (χ3n) is 3.73. The lowest BCUT2D eigenvalue weighted by Gasteiger charge is -1.98. The fraction of sp³-hybridized carbons (Fsp3) is 0.111. The molecule has 25 heavy (non-hydrogen) atoms. The largest absolute Gasteiger partial charge is 0.350 e. The van der Waals surface area contributed by atoms with Crippen LogP contribution in [0.4, 0.5) is 0 Å². The summed E-state index contributed by atoms with van der Waals surface area (Å²) < 4.78 is 10.3. The molecule has 4 aromatic rings. The molecule has 2 aromatic heterocycles. The van der Waals surface area contributed by atoms with E-state index in [9.17, 15) is 4.79 Å². The van der Waals surface area contributed by atoms with Crippen LogP contribution in [0.2, 0.25) is 0 Å². The van der Waals surface area contributed by atoms with Crippen LogP contribution in [0.15, 0.2) is 57.6 Å². The molecule has 2 heterocycles. The molecule has 1 amide bonds.